The summed E-state index contributed by atoms with van der Waals surface area (Å²) in [5, 5.41) is 0. The van der Waals surface area contributed by atoms with Crippen LogP contribution in [0.1, 0.15) is 5.56 Å². The number of ether oxygens (including phenoxy) is 4. The Balaban J connectivity index is 2.58. The summed E-state index contributed by atoms with van der Waals surface area (Å²) < 4.78 is 28.0. The summed E-state index contributed by atoms with van der Waals surface area (Å²) in [6.07, 6.45) is 1.69. The third-order valence-electron chi connectivity index (χ3n) is 4.95. The highest BCUT2D eigenvalue weighted by molar-refractivity contribution is 7.39. The van der Waals surface area contributed by atoms with E-state index in [9.17, 15) is 9.79 Å². The smallest absolute Gasteiger partial charge is 0.391 e. The van der Waals surface area contributed by atoms with Crippen LogP contribution in [-0.4, -0.2) is 38.2 Å². The van der Waals surface area contributed by atoms with Gasteiger partial charge in [-0.15, -0.1) is 0 Å². The van der Waals surface area contributed by atoms with E-state index < -0.39 is 8.60 Å². The van der Waals surface area contributed by atoms with E-state index in [1.54, 1.807) is 64.8 Å². The molecule has 0 heterocycles. The number of benzene rings is 3. The lowest BCUT2D eigenvalue weighted by Crippen LogP contribution is -2.01. The van der Waals surface area contributed by atoms with Crippen molar-refractivity contribution in [2.24, 2.45) is 0 Å². The monoisotopic (exact) mass is 456 g/mol. The molecular weight excluding hydrogens is 431 g/mol. The molecule has 0 aliphatic carbocycles. The lowest BCUT2D eigenvalue weighted by atomic mass is 9.87. The minimum Gasteiger partial charge on any atom is -0.496 e. The number of rotatable bonds is 9. The van der Waals surface area contributed by atoms with Gasteiger partial charge in [-0.1, -0.05) is 30.9 Å². The Morgan fingerprint density at radius 3 is 1.44 bits per heavy atom. The van der Waals surface area contributed by atoms with Crippen LogP contribution < -0.4 is 23.5 Å². The van der Waals surface area contributed by atoms with E-state index in [0.717, 1.165) is 5.56 Å². The summed E-state index contributed by atoms with van der Waals surface area (Å²) >= 11 is 0. The van der Waals surface area contributed by atoms with E-state index >= 15 is 0 Å². The SMILES string of the molecule is C=Cc1ccc(OP(O)O)c(-c2c(OC)cccc2OC)c1-c1c(OC)cccc1OC. The van der Waals surface area contributed by atoms with Crippen molar-refractivity contribution in [3.8, 4) is 51.0 Å². The van der Waals surface area contributed by atoms with E-state index in [1.165, 1.54) is 0 Å². The lowest BCUT2D eigenvalue weighted by Gasteiger charge is -2.23. The van der Waals surface area contributed by atoms with Crippen LogP contribution in [0.2, 0.25) is 0 Å². The van der Waals surface area contributed by atoms with Crippen LogP contribution in [0.4, 0.5) is 0 Å². The maximum absolute atomic E-state index is 9.69. The quantitative estimate of drug-likeness (QED) is 0.423. The fourth-order valence-corrected chi connectivity index (χ4v) is 3.97. The molecular formula is C24H25O7P. The molecule has 32 heavy (non-hydrogen) atoms. The van der Waals surface area contributed by atoms with Crippen molar-refractivity contribution in [3.05, 3.63) is 60.7 Å². The van der Waals surface area contributed by atoms with Crippen LogP contribution in [0.15, 0.2) is 55.1 Å². The van der Waals surface area contributed by atoms with Gasteiger partial charge >= 0.3 is 8.60 Å². The Labute approximate surface area is 188 Å². The highest BCUT2D eigenvalue weighted by Gasteiger charge is 2.27. The Morgan fingerprint density at radius 2 is 1.06 bits per heavy atom. The van der Waals surface area contributed by atoms with Crippen molar-refractivity contribution >= 4 is 14.7 Å². The zero-order valence-electron chi connectivity index (χ0n) is 18.3. The molecule has 168 valence electrons. The largest absolute Gasteiger partial charge is 0.496 e. The molecule has 3 aromatic rings. The highest BCUT2D eigenvalue weighted by Crippen LogP contribution is 2.54. The minimum atomic E-state index is -2.70. The van der Waals surface area contributed by atoms with Gasteiger partial charge in [0.25, 0.3) is 0 Å². The van der Waals surface area contributed by atoms with Crippen molar-refractivity contribution in [3.63, 3.8) is 0 Å². The van der Waals surface area contributed by atoms with Crippen LogP contribution in [0.25, 0.3) is 28.3 Å². The standard InChI is InChI=1S/C24H25O7P/c1-6-15-13-14-20(31-32(25)26)24(23-18(29-4)11-8-12-19(23)30-5)21(15)22-16(27-2)9-7-10-17(22)28-3/h6-14,25-26H,1H2,2-5H3. The molecule has 0 saturated heterocycles. The van der Waals surface area contributed by atoms with E-state index in [2.05, 4.69) is 6.58 Å². The second kappa shape index (κ2) is 10.4. The summed E-state index contributed by atoms with van der Waals surface area (Å²) in [6, 6.07) is 14.2. The first-order valence-electron chi connectivity index (χ1n) is 9.58. The molecule has 0 fully saturated rings. The number of hydrogen-bond acceptors (Lipinski definition) is 7. The molecule has 3 aromatic carbocycles. The molecule has 0 bridgehead atoms. The van der Waals surface area contributed by atoms with Crippen LogP contribution in [-0.2, 0) is 0 Å². The Kier molecular flexibility index (Phi) is 7.59. The number of hydrogen-bond donors (Lipinski definition) is 2. The predicted molar refractivity (Wildman–Crippen MR) is 126 cm³/mol. The summed E-state index contributed by atoms with van der Waals surface area (Å²) in [6.45, 7) is 3.96. The molecule has 0 spiro atoms. The fourth-order valence-electron chi connectivity index (χ4n) is 3.65. The molecule has 0 aliphatic rings. The molecule has 0 saturated carbocycles. The van der Waals surface area contributed by atoms with Crippen molar-refractivity contribution in [1.29, 1.82) is 0 Å². The van der Waals surface area contributed by atoms with E-state index in [4.69, 9.17) is 23.5 Å². The topological polar surface area (TPSA) is 86.6 Å². The zero-order chi connectivity index (χ0) is 23.3. The molecule has 0 unspecified atom stereocenters. The van der Waals surface area contributed by atoms with Gasteiger partial charge in [-0.3, -0.25) is 0 Å². The van der Waals surface area contributed by atoms with Gasteiger partial charge in [-0.25, -0.2) is 0 Å². The van der Waals surface area contributed by atoms with Gasteiger partial charge in [0.1, 0.15) is 28.7 Å². The van der Waals surface area contributed by atoms with Gasteiger partial charge < -0.3 is 33.3 Å². The second-order valence-corrected chi connectivity index (χ2v) is 7.21. The average molecular weight is 456 g/mol. The Hall–Kier alpha value is -3.25. The van der Waals surface area contributed by atoms with Crippen molar-refractivity contribution in [2.75, 3.05) is 28.4 Å². The summed E-state index contributed by atoms with van der Waals surface area (Å²) in [5.74, 6) is 2.33. The second-order valence-electron chi connectivity index (χ2n) is 6.53. The first-order chi connectivity index (χ1) is 15.5. The summed E-state index contributed by atoms with van der Waals surface area (Å²) in [7, 11) is 3.52. The van der Waals surface area contributed by atoms with Gasteiger partial charge in [0, 0.05) is 11.1 Å². The van der Waals surface area contributed by atoms with E-state index in [1.807, 2.05) is 18.2 Å². The third-order valence-corrected chi connectivity index (χ3v) is 5.31. The van der Waals surface area contributed by atoms with Crippen LogP contribution in [0.5, 0.6) is 28.7 Å². The number of methoxy groups -OCH3 is 4. The first-order valence-corrected chi connectivity index (χ1v) is 10.7. The maximum atomic E-state index is 9.69. The summed E-state index contributed by atoms with van der Waals surface area (Å²) in [5.41, 5.74) is 3.10. The molecule has 0 aliphatic heterocycles. The normalized spacial score (nSPS) is 10.6. The Bertz CT molecular complexity index is 1070. The third kappa shape index (κ3) is 4.36. The summed E-state index contributed by atoms with van der Waals surface area (Å²) in [4.78, 5) is 19.4. The van der Waals surface area contributed by atoms with Crippen LogP contribution in [0, 0.1) is 0 Å². The van der Waals surface area contributed by atoms with Gasteiger partial charge in [0.15, 0.2) is 0 Å². The molecule has 7 nitrogen and oxygen atoms in total. The minimum absolute atomic E-state index is 0.220. The maximum Gasteiger partial charge on any atom is 0.391 e. The molecule has 0 aromatic heterocycles. The van der Waals surface area contributed by atoms with Gasteiger partial charge in [-0.2, -0.15) is 0 Å². The lowest BCUT2D eigenvalue weighted by molar-refractivity contribution is 0.374. The molecule has 0 amide bonds. The predicted octanol–water partition coefficient (Wildman–Crippen LogP) is 5.29. The molecule has 0 atom stereocenters. The van der Waals surface area contributed by atoms with Crippen molar-refractivity contribution < 1.29 is 33.3 Å². The molecule has 8 heteroatoms. The molecule has 3 rings (SSSR count). The molecule has 0 radical (unpaired) electrons. The van der Waals surface area contributed by atoms with Gasteiger partial charge in [0.2, 0.25) is 0 Å². The molecule has 2 N–H and O–H groups in total. The van der Waals surface area contributed by atoms with Gasteiger partial charge in [-0.05, 0) is 35.9 Å². The Morgan fingerprint density at radius 1 is 0.625 bits per heavy atom. The van der Waals surface area contributed by atoms with Crippen molar-refractivity contribution in [2.45, 2.75) is 0 Å². The average Bonchev–Trinajstić information content (AvgIpc) is 2.82. The van der Waals surface area contributed by atoms with Crippen LogP contribution in [0.3, 0.4) is 0 Å². The van der Waals surface area contributed by atoms with Crippen LogP contribution >= 0.6 is 8.60 Å². The van der Waals surface area contributed by atoms with Gasteiger partial charge in [0.05, 0.1) is 39.6 Å². The highest BCUT2D eigenvalue weighted by atomic mass is 31.2. The zero-order valence-corrected chi connectivity index (χ0v) is 19.2. The van der Waals surface area contributed by atoms with Crippen molar-refractivity contribution in [1.82, 2.24) is 0 Å². The fraction of sp³-hybridized carbons (Fsp3) is 0.167. The van der Waals surface area contributed by atoms with E-state index in [-0.39, 0.29) is 5.75 Å². The van der Waals surface area contributed by atoms with E-state index in [0.29, 0.717) is 45.3 Å². The first kappa shape index (κ1) is 23.4.